The average molecular weight is 291 g/mol. The van der Waals surface area contributed by atoms with Crippen molar-refractivity contribution in [2.75, 3.05) is 13.1 Å². The van der Waals surface area contributed by atoms with Gasteiger partial charge in [0.2, 0.25) is 0 Å². The van der Waals surface area contributed by atoms with Crippen molar-refractivity contribution in [3.05, 3.63) is 23.7 Å². The van der Waals surface area contributed by atoms with E-state index in [9.17, 15) is 23.1 Å². The summed E-state index contributed by atoms with van der Waals surface area (Å²) in [6.07, 6.45) is -5.25. The van der Waals surface area contributed by atoms with Gasteiger partial charge in [0.15, 0.2) is 11.9 Å². The number of hydrogen-bond donors (Lipinski definition) is 1. The van der Waals surface area contributed by atoms with Crippen molar-refractivity contribution in [3.8, 4) is 0 Å². The lowest BCUT2D eigenvalue weighted by Gasteiger charge is -2.34. The van der Waals surface area contributed by atoms with Gasteiger partial charge in [-0.3, -0.25) is 4.79 Å². The van der Waals surface area contributed by atoms with Crippen LogP contribution in [0.5, 0.6) is 0 Å². The van der Waals surface area contributed by atoms with Crippen LogP contribution in [0.1, 0.15) is 29.0 Å². The van der Waals surface area contributed by atoms with Crippen LogP contribution >= 0.6 is 0 Å². The molecule has 1 aliphatic heterocycles. The van der Waals surface area contributed by atoms with Gasteiger partial charge in [0, 0.05) is 18.7 Å². The summed E-state index contributed by atoms with van der Waals surface area (Å²) in [5.74, 6) is -0.941. The number of aliphatic hydroxyl groups excluding tert-OH is 1. The Balaban J connectivity index is 1.95. The van der Waals surface area contributed by atoms with E-state index in [1.165, 1.54) is 11.2 Å². The number of aryl methyl sites for hydroxylation is 1. The van der Waals surface area contributed by atoms with Gasteiger partial charge >= 0.3 is 6.18 Å². The molecular formula is C13H16F3NO3. The summed E-state index contributed by atoms with van der Waals surface area (Å²) < 4.78 is 42.3. The molecule has 4 nitrogen and oxygen atoms in total. The number of halogens is 3. The number of piperidine rings is 1. The second kappa shape index (κ2) is 5.47. The summed E-state index contributed by atoms with van der Waals surface area (Å²) in [5.41, 5.74) is 0.701. The molecule has 0 aromatic carbocycles. The lowest BCUT2D eigenvalue weighted by atomic mass is 9.90. The number of rotatable bonds is 2. The predicted octanol–water partition coefficient (Wildman–Crippen LogP) is 2.36. The van der Waals surface area contributed by atoms with E-state index in [-0.39, 0.29) is 37.6 Å². The van der Waals surface area contributed by atoms with Crippen LogP contribution in [-0.2, 0) is 0 Å². The largest absolute Gasteiger partial charge is 0.459 e. The van der Waals surface area contributed by atoms with Crippen molar-refractivity contribution >= 4 is 5.91 Å². The van der Waals surface area contributed by atoms with E-state index < -0.39 is 18.2 Å². The summed E-state index contributed by atoms with van der Waals surface area (Å²) in [5, 5.41) is 9.22. The van der Waals surface area contributed by atoms with Crippen molar-refractivity contribution in [2.45, 2.75) is 32.0 Å². The number of carbonyl (C=O) groups is 1. The van der Waals surface area contributed by atoms with Crippen molar-refractivity contribution in [1.29, 1.82) is 0 Å². The summed E-state index contributed by atoms with van der Waals surface area (Å²) in [6.45, 7) is 2.12. The highest BCUT2D eigenvalue weighted by Gasteiger charge is 2.44. The number of carbonyl (C=O) groups excluding carboxylic acids is 1. The third-order valence-electron chi connectivity index (χ3n) is 3.67. The number of aliphatic hydroxyl groups is 1. The molecule has 2 heterocycles. The van der Waals surface area contributed by atoms with Gasteiger partial charge in [-0.05, 0) is 31.7 Å². The maximum Gasteiger partial charge on any atom is 0.414 e. The van der Waals surface area contributed by atoms with Crippen LogP contribution in [-0.4, -0.2) is 41.3 Å². The van der Waals surface area contributed by atoms with Gasteiger partial charge in [0.25, 0.3) is 5.91 Å². The first kappa shape index (κ1) is 14.9. The first-order valence-electron chi connectivity index (χ1n) is 6.39. The van der Waals surface area contributed by atoms with E-state index in [1.54, 1.807) is 13.0 Å². The number of alkyl halides is 3. The van der Waals surface area contributed by atoms with Crippen LogP contribution in [0.25, 0.3) is 0 Å². The van der Waals surface area contributed by atoms with Crippen LogP contribution in [0.4, 0.5) is 13.2 Å². The highest BCUT2D eigenvalue weighted by atomic mass is 19.4. The molecule has 1 aromatic heterocycles. The molecule has 0 radical (unpaired) electrons. The van der Waals surface area contributed by atoms with Crippen molar-refractivity contribution < 1.29 is 27.5 Å². The van der Waals surface area contributed by atoms with Crippen LogP contribution in [0.3, 0.4) is 0 Å². The highest BCUT2D eigenvalue weighted by molar-refractivity contribution is 5.92. The van der Waals surface area contributed by atoms with Gasteiger partial charge < -0.3 is 14.4 Å². The fourth-order valence-corrected chi connectivity index (χ4v) is 2.42. The Morgan fingerprint density at radius 2 is 2.05 bits per heavy atom. The normalized spacial score (nSPS) is 19.1. The third kappa shape index (κ3) is 2.98. The summed E-state index contributed by atoms with van der Waals surface area (Å²) in [6, 6.07) is 1.66. The van der Waals surface area contributed by atoms with E-state index in [0.29, 0.717) is 5.56 Å². The van der Waals surface area contributed by atoms with E-state index in [1.807, 2.05) is 0 Å². The zero-order chi connectivity index (χ0) is 14.9. The van der Waals surface area contributed by atoms with Gasteiger partial charge in [-0.25, -0.2) is 0 Å². The molecule has 1 fully saturated rings. The zero-order valence-electron chi connectivity index (χ0n) is 11.0. The van der Waals surface area contributed by atoms with Crippen LogP contribution in [0.15, 0.2) is 16.7 Å². The number of amides is 1. The lowest BCUT2D eigenvalue weighted by Crippen LogP contribution is -2.45. The third-order valence-corrected chi connectivity index (χ3v) is 3.67. The summed E-state index contributed by atoms with van der Waals surface area (Å²) in [7, 11) is 0. The minimum Gasteiger partial charge on any atom is -0.459 e. The Bertz CT molecular complexity index is 475. The average Bonchev–Trinajstić information content (AvgIpc) is 2.82. The Morgan fingerprint density at radius 3 is 2.50 bits per heavy atom. The quantitative estimate of drug-likeness (QED) is 0.910. The standard InChI is InChI=1S/C13H16F3NO3/c1-8-4-7-20-10(8)12(19)17-5-2-9(3-6-17)11(18)13(14,15)16/h4,7,9,11,18H,2-3,5-6H2,1H3. The van der Waals surface area contributed by atoms with Crippen molar-refractivity contribution in [3.63, 3.8) is 0 Å². The Hall–Kier alpha value is -1.50. The fraction of sp³-hybridized carbons (Fsp3) is 0.615. The van der Waals surface area contributed by atoms with Crippen molar-refractivity contribution in [1.82, 2.24) is 4.90 Å². The minimum atomic E-state index is -4.60. The molecule has 1 amide bonds. The molecule has 2 rings (SSSR count). The van der Waals surface area contributed by atoms with Crippen LogP contribution in [0.2, 0.25) is 0 Å². The molecule has 1 aliphatic rings. The SMILES string of the molecule is Cc1ccoc1C(=O)N1CCC(C(O)C(F)(F)F)CC1. The molecule has 0 saturated carbocycles. The molecular weight excluding hydrogens is 275 g/mol. The molecule has 7 heteroatoms. The first-order valence-corrected chi connectivity index (χ1v) is 6.39. The molecule has 1 N–H and O–H groups in total. The number of furan rings is 1. The molecule has 0 spiro atoms. The van der Waals surface area contributed by atoms with E-state index in [0.717, 1.165) is 0 Å². The first-order chi connectivity index (χ1) is 9.30. The molecule has 1 aromatic rings. The van der Waals surface area contributed by atoms with Gasteiger partial charge in [-0.15, -0.1) is 0 Å². The molecule has 0 aliphatic carbocycles. The van der Waals surface area contributed by atoms with Crippen LogP contribution in [0, 0.1) is 12.8 Å². The molecule has 1 saturated heterocycles. The highest BCUT2D eigenvalue weighted by Crippen LogP contribution is 2.32. The molecule has 20 heavy (non-hydrogen) atoms. The maximum atomic E-state index is 12.4. The monoisotopic (exact) mass is 291 g/mol. The summed E-state index contributed by atoms with van der Waals surface area (Å²) in [4.78, 5) is 13.6. The molecule has 0 bridgehead atoms. The zero-order valence-corrected chi connectivity index (χ0v) is 11.0. The number of nitrogens with zero attached hydrogens (tertiary/aromatic N) is 1. The second-order valence-electron chi connectivity index (χ2n) is 5.05. The summed E-state index contributed by atoms with van der Waals surface area (Å²) >= 11 is 0. The van der Waals surface area contributed by atoms with E-state index >= 15 is 0 Å². The Morgan fingerprint density at radius 1 is 1.45 bits per heavy atom. The van der Waals surface area contributed by atoms with Crippen molar-refractivity contribution in [2.24, 2.45) is 5.92 Å². The Labute approximate surface area is 114 Å². The fourth-order valence-electron chi connectivity index (χ4n) is 2.42. The molecule has 112 valence electrons. The van der Waals surface area contributed by atoms with Crippen LogP contribution < -0.4 is 0 Å². The van der Waals surface area contributed by atoms with E-state index in [4.69, 9.17) is 4.42 Å². The van der Waals surface area contributed by atoms with Gasteiger partial charge in [0.1, 0.15) is 0 Å². The van der Waals surface area contributed by atoms with E-state index in [2.05, 4.69) is 0 Å². The minimum absolute atomic E-state index is 0.131. The number of likely N-dealkylation sites (tertiary alicyclic amines) is 1. The predicted molar refractivity (Wildman–Crippen MR) is 64.1 cm³/mol. The van der Waals surface area contributed by atoms with Gasteiger partial charge in [-0.2, -0.15) is 13.2 Å². The van der Waals surface area contributed by atoms with Gasteiger partial charge in [-0.1, -0.05) is 0 Å². The number of hydrogen-bond acceptors (Lipinski definition) is 3. The maximum absolute atomic E-state index is 12.4. The topological polar surface area (TPSA) is 53.7 Å². The lowest BCUT2D eigenvalue weighted by molar-refractivity contribution is -0.222. The van der Waals surface area contributed by atoms with Gasteiger partial charge in [0.05, 0.1) is 6.26 Å². The smallest absolute Gasteiger partial charge is 0.414 e. The second-order valence-corrected chi connectivity index (χ2v) is 5.05. The molecule has 1 atom stereocenters. The Kier molecular flexibility index (Phi) is 4.08. The molecule has 1 unspecified atom stereocenters.